The van der Waals surface area contributed by atoms with Gasteiger partial charge < -0.3 is 15.2 Å². The van der Waals surface area contributed by atoms with Crippen LogP contribution >= 0.6 is 0 Å². The van der Waals surface area contributed by atoms with Crippen LogP contribution in [0.3, 0.4) is 0 Å². The van der Waals surface area contributed by atoms with Crippen LogP contribution in [0.2, 0.25) is 0 Å². The number of carboxylic acids is 1. The van der Waals surface area contributed by atoms with E-state index in [1.807, 2.05) is 0 Å². The Hall–Kier alpha value is -0.610. The molecule has 1 aliphatic rings. The van der Waals surface area contributed by atoms with Gasteiger partial charge in [0.15, 0.2) is 6.10 Å². The molecular weight excluding hydrogens is 206 g/mol. The van der Waals surface area contributed by atoms with Crippen LogP contribution in [0, 0.1) is 0 Å². The van der Waals surface area contributed by atoms with Gasteiger partial charge in [0.25, 0.3) is 0 Å². The van der Waals surface area contributed by atoms with Gasteiger partial charge in [-0.3, -0.25) is 0 Å². The molecule has 0 saturated carbocycles. The van der Waals surface area contributed by atoms with E-state index in [1.54, 1.807) is 6.92 Å². The minimum Gasteiger partial charge on any atom is -0.479 e. The Morgan fingerprint density at radius 1 is 1.31 bits per heavy atom. The number of aliphatic carboxylic acids is 1. The standard InChI is InChI=1S/C12H23NO3/c1-8(10(14)15)16-9-6-11(2,3)13-12(4,5)7-9/h8-9,13H,6-7H2,1-5H3,(H,14,15). The van der Waals surface area contributed by atoms with Crippen LogP contribution in [0.25, 0.3) is 0 Å². The number of hydrogen-bond acceptors (Lipinski definition) is 3. The van der Waals surface area contributed by atoms with Crippen molar-refractivity contribution in [2.24, 2.45) is 0 Å². The second-order valence-corrected chi connectivity index (χ2v) is 6.04. The lowest BCUT2D eigenvalue weighted by atomic mass is 9.81. The monoisotopic (exact) mass is 229 g/mol. The van der Waals surface area contributed by atoms with Gasteiger partial charge in [0.2, 0.25) is 0 Å². The molecule has 0 amide bonds. The summed E-state index contributed by atoms with van der Waals surface area (Å²) in [5.41, 5.74) is -0.0186. The molecule has 0 spiro atoms. The third kappa shape index (κ3) is 3.76. The maximum atomic E-state index is 10.8. The van der Waals surface area contributed by atoms with Crippen molar-refractivity contribution in [3.63, 3.8) is 0 Å². The lowest BCUT2D eigenvalue weighted by Gasteiger charge is -2.46. The minimum atomic E-state index is -0.894. The molecule has 94 valence electrons. The minimum absolute atomic E-state index is 0.00929. The summed E-state index contributed by atoms with van der Waals surface area (Å²) in [7, 11) is 0. The van der Waals surface area contributed by atoms with E-state index in [0.717, 1.165) is 12.8 Å². The van der Waals surface area contributed by atoms with Gasteiger partial charge >= 0.3 is 5.97 Å². The molecule has 1 atom stereocenters. The topological polar surface area (TPSA) is 58.6 Å². The Kier molecular flexibility index (Phi) is 3.65. The average Bonchev–Trinajstić information content (AvgIpc) is 1.96. The molecule has 0 bridgehead atoms. The fourth-order valence-corrected chi connectivity index (χ4v) is 2.67. The molecule has 0 aromatic heterocycles. The predicted molar refractivity (Wildman–Crippen MR) is 62.5 cm³/mol. The largest absolute Gasteiger partial charge is 0.479 e. The van der Waals surface area contributed by atoms with E-state index in [-0.39, 0.29) is 17.2 Å². The molecule has 4 heteroatoms. The van der Waals surface area contributed by atoms with Gasteiger partial charge in [0.1, 0.15) is 0 Å². The van der Waals surface area contributed by atoms with E-state index in [0.29, 0.717) is 0 Å². The van der Waals surface area contributed by atoms with Crippen LogP contribution < -0.4 is 5.32 Å². The Balaban J connectivity index is 2.64. The van der Waals surface area contributed by atoms with Crippen molar-refractivity contribution in [3.05, 3.63) is 0 Å². The highest BCUT2D eigenvalue weighted by molar-refractivity contribution is 5.71. The first-order valence-corrected chi connectivity index (χ1v) is 5.79. The zero-order valence-corrected chi connectivity index (χ0v) is 10.8. The van der Waals surface area contributed by atoms with E-state index in [1.165, 1.54) is 0 Å². The number of nitrogens with one attached hydrogen (secondary N) is 1. The zero-order valence-electron chi connectivity index (χ0n) is 10.8. The summed E-state index contributed by atoms with van der Waals surface area (Å²) < 4.78 is 5.58. The number of hydrogen-bond donors (Lipinski definition) is 2. The molecule has 16 heavy (non-hydrogen) atoms. The molecule has 1 aliphatic heterocycles. The van der Waals surface area contributed by atoms with Crippen molar-refractivity contribution in [2.45, 2.75) is 70.7 Å². The summed E-state index contributed by atoms with van der Waals surface area (Å²) in [6.07, 6.45) is 0.967. The highest BCUT2D eigenvalue weighted by Crippen LogP contribution is 2.30. The van der Waals surface area contributed by atoms with Crippen molar-refractivity contribution < 1.29 is 14.6 Å². The molecule has 1 rings (SSSR count). The Morgan fingerprint density at radius 3 is 2.12 bits per heavy atom. The van der Waals surface area contributed by atoms with Gasteiger partial charge in [-0.05, 0) is 47.5 Å². The summed E-state index contributed by atoms with van der Waals surface area (Å²) >= 11 is 0. The number of carbonyl (C=O) groups is 1. The summed E-state index contributed by atoms with van der Waals surface area (Å²) in [6.45, 7) is 10.1. The highest BCUT2D eigenvalue weighted by atomic mass is 16.5. The van der Waals surface area contributed by atoms with Gasteiger partial charge in [-0.2, -0.15) is 0 Å². The van der Waals surface area contributed by atoms with Gasteiger partial charge in [0, 0.05) is 11.1 Å². The molecular formula is C12H23NO3. The van der Waals surface area contributed by atoms with Crippen molar-refractivity contribution in [3.8, 4) is 0 Å². The van der Waals surface area contributed by atoms with Crippen LogP contribution in [-0.2, 0) is 9.53 Å². The Bertz CT molecular complexity index is 257. The van der Waals surface area contributed by atoms with E-state index < -0.39 is 12.1 Å². The first-order valence-electron chi connectivity index (χ1n) is 5.79. The molecule has 1 saturated heterocycles. The molecule has 4 nitrogen and oxygen atoms in total. The number of rotatable bonds is 3. The van der Waals surface area contributed by atoms with E-state index in [9.17, 15) is 4.79 Å². The normalized spacial score (nSPS) is 26.3. The molecule has 1 unspecified atom stereocenters. The van der Waals surface area contributed by atoms with Crippen LogP contribution in [0.15, 0.2) is 0 Å². The molecule has 1 heterocycles. The second kappa shape index (κ2) is 4.34. The van der Waals surface area contributed by atoms with Crippen LogP contribution in [0.5, 0.6) is 0 Å². The molecule has 0 aliphatic carbocycles. The van der Waals surface area contributed by atoms with E-state index in [2.05, 4.69) is 33.0 Å². The maximum absolute atomic E-state index is 10.8. The maximum Gasteiger partial charge on any atom is 0.332 e. The Labute approximate surface area is 97.4 Å². The van der Waals surface area contributed by atoms with Gasteiger partial charge in [-0.1, -0.05) is 0 Å². The molecule has 0 aromatic rings. The summed E-state index contributed by atoms with van der Waals surface area (Å²) in [4.78, 5) is 10.8. The van der Waals surface area contributed by atoms with E-state index in [4.69, 9.17) is 9.84 Å². The molecule has 2 N–H and O–H groups in total. The van der Waals surface area contributed by atoms with Gasteiger partial charge in [-0.15, -0.1) is 0 Å². The smallest absolute Gasteiger partial charge is 0.332 e. The van der Waals surface area contributed by atoms with Crippen molar-refractivity contribution in [1.29, 1.82) is 0 Å². The first kappa shape index (κ1) is 13.5. The van der Waals surface area contributed by atoms with Crippen LogP contribution in [-0.4, -0.2) is 34.4 Å². The zero-order chi connectivity index (χ0) is 12.6. The average molecular weight is 229 g/mol. The second-order valence-electron chi connectivity index (χ2n) is 6.04. The summed E-state index contributed by atoms with van der Waals surface area (Å²) in [6, 6.07) is 0. The molecule has 0 aromatic carbocycles. The Morgan fingerprint density at radius 2 is 1.75 bits per heavy atom. The third-order valence-electron chi connectivity index (χ3n) is 2.90. The predicted octanol–water partition coefficient (Wildman–Crippen LogP) is 1.79. The molecule has 1 fully saturated rings. The quantitative estimate of drug-likeness (QED) is 0.774. The highest BCUT2D eigenvalue weighted by Gasteiger charge is 2.39. The fourth-order valence-electron chi connectivity index (χ4n) is 2.67. The summed E-state index contributed by atoms with van der Waals surface area (Å²) in [5.74, 6) is -0.894. The third-order valence-corrected chi connectivity index (χ3v) is 2.90. The SMILES string of the molecule is CC(OC1CC(C)(C)NC(C)(C)C1)C(=O)O. The van der Waals surface area contributed by atoms with Crippen molar-refractivity contribution >= 4 is 5.97 Å². The van der Waals surface area contributed by atoms with Crippen LogP contribution in [0.4, 0.5) is 0 Å². The first-order chi connectivity index (χ1) is 7.11. The van der Waals surface area contributed by atoms with Crippen molar-refractivity contribution in [2.75, 3.05) is 0 Å². The lowest BCUT2D eigenvalue weighted by Crippen LogP contribution is -2.60. The van der Waals surface area contributed by atoms with E-state index >= 15 is 0 Å². The number of ether oxygens (including phenoxy) is 1. The molecule has 0 radical (unpaired) electrons. The van der Waals surface area contributed by atoms with Gasteiger partial charge in [-0.25, -0.2) is 4.79 Å². The van der Waals surface area contributed by atoms with Crippen molar-refractivity contribution in [1.82, 2.24) is 5.32 Å². The van der Waals surface area contributed by atoms with Crippen LogP contribution in [0.1, 0.15) is 47.5 Å². The summed E-state index contributed by atoms with van der Waals surface area (Å²) in [5, 5.41) is 12.4. The fraction of sp³-hybridized carbons (Fsp3) is 0.917. The van der Waals surface area contributed by atoms with Gasteiger partial charge in [0.05, 0.1) is 6.10 Å². The number of carboxylic acid groups (broad SMARTS) is 1. The number of piperidine rings is 1. The lowest BCUT2D eigenvalue weighted by molar-refractivity contribution is -0.156.